The van der Waals surface area contributed by atoms with Gasteiger partial charge in [-0.15, -0.1) is 0 Å². The Morgan fingerprint density at radius 3 is 2.33 bits per heavy atom. The maximum Gasteiger partial charge on any atom is 0.0328 e. The summed E-state index contributed by atoms with van der Waals surface area (Å²) in [5, 5.41) is 0. The first-order valence-electron chi connectivity index (χ1n) is 8.09. The minimum absolute atomic E-state index is 0.317. The zero-order valence-electron chi connectivity index (χ0n) is 12.9. The van der Waals surface area contributed by atoms with Crippen LogP contribution >= 0.6 is 0 Å². The van der Waals surface area contributed by atoms with E-state index in [-0.39, 0.29) is 0 Å². The van der Waals surface area contributed by atoms with Crippen LogP contribution in [0, 0.1) is 5.92 Å². The Labute approximate surface area is 114 Å². The van der Waals surface area contributed by atoms with Crippen molar-refractivity contribution in [3.05, 3.63) is 0 Å². The van der Waals surface area contributed by atoms with E-state index in [2.05, 4.69) is 25.8 Å². The molecule has 2 nitrogen and oxygen atoms in total. The Morgan fingerprint density at radius 2 is 1.83 bits per heavy atom. The second-order valence-corrected chi connectivity index (χ2v) is 6.29. The molecule has 1 unspecified atom stereocenters. The van der Waals surface area contributed by atoms with E-state index in [1.165, 1.54) is 64.3 Å². The summed E-state index contributed by atoms with van der Waals surface area (Å²) in [7, 11) is 2.31. The summed E-state index contributed by atoms with van der Waals surface area (Å²) in [5.74, 6) is 0.861. The van der Waals surface area contributed by atoms with Gasteiger partial charge in [0.05, 0.1) is 0 Å². The second-order valence-electron chi connectivity index (χ2n) is 6.29. The van der Waals surface area contributed by atoms with Crippen LogP contribution in [0.4, 0.5) is 0 Å². The number of hydrogen-bond donors (Lipinski definition) is 1. The Bertz CT molecular complexity index is 209. The van der Waals surface area contributed by atoms with Crippen molar-refractivity contribution in [2.45, 2.75) is 77.2 Å². The maximum absolute atomic E-state index is 6.11. The largest absolute Gasteiger partial charge is 0.329 e. The number of unbranched alkanes of at least 4 members (excludes halogenated alkanes) is 1. The summed E-state index contributed by atoms with van der Waals surface area (Å²) in [6.07, 6.45) is 12.2. The predicted molar refractivity (Wildman–Crippen MR) is 80.8 cm³/mol. The summed E-state index contributed by atoms with van der Waals surface area (Å²) in [6, 6.07) is 0. The van der Waals surface area contributed by atoms with Gasteiger partial charge < -0.3 is 5.73 Å². The summed E-state index contributed by atoms with van der Waals surface area (Å²) < 4.78 is 0. The molecule has 0 saturated heterocycles. The van der Waals surface area contributed by atoms with E-state index in [0.29, 0.717) is 5.54 Å². The molecule has 1 aliphatic rings. The third kappa shape index (κ3) is 4.24. The van der Waals surface area contributed by atoms with Gasteiger partial charge in [0.1, 0.15) is 0 Å². The lowest BCUT2D eigenvalue weighted by molar-refractivity contribution is 0.0650. The number of rotatable bonds is 8. The highest BCUT2D eigenvalue weighted by Crippen LogP contribution is 2.33. The number of hydrogen-bond acceptors (Lipinski definition) is 2. The lowest BCUT2D eigenvalue weighted by atomic mass is 9.80. The van der Waals surface area contributed by atoms with E-state index in [4.69, 9.17) is 5.73 Å². The molecule has 1 aliphatic carbocycles. The molecule has 0 aromatic rings. The van der Waals surface area contributed by atoms with Gasteiger partial charge in [0.15, 0.2) is 0 Å². The highest BCUT2D eigenvalue weighted by atomic mass is 15.2. The van der Waals surface area contributed by atoms with Crippen LogP contribution < -0.4 is 5.73 Å². The normalized spacial score (nSPS) is 21.2. The third-order valence-corrected chi connectivity index (χ3v) is 5.05. The molecule has 1 atom stereocenters. The van der Waals surface area contributed by atoms with Crippen LogP contribution in [0.25, 0.3) is 0 Å². The van der Waals surface area contributed by atoms with Crippen LogP contribution in [0.2, 0.25) is 0 Å². The van der Waals surface area contributed by atoms with E-state index >= 15 is 0 Å². The molecule has 18 heavy (non-hydrogen) atoms. The highest BCUT2D eigenvalue weighted by Gasteiger charge is 2.35. The van der Waals surface area contributed by atoms with Crippen LogP contribution in [0.1, 0.15) is 71.6 Å². The minimum atomic E-state index is 0.317. The van der Waals surface area contributed by atoms with Gasteiger partial charge in [-0.2, -0.15) is 0 Å². The van der Waals surface area contributed by atoms with Gasteiger partial charge in [0, 0.05) is 18.6 Å². The molecule has 1 rings (SSSR count). The highest BCUT2D eigenvalue weighted by molar-refractivity contribution is 4.93. The number of likely N-dealkylation sites (N-methyl/N-ethyl adjacent to an activating group) is 1. The number of nitrogens with two attached hydrogens (primary N) is 1. The number of nitrogens with zero attached hydrogens (tertiary/aromatic N) is 1. The van der Waals surface area contributed by atoms with E-state index in [1.54, 1.807) is 0 Å². The van der Waals surface area contributed by atoms with E-state index in [1.807, 2.05) is 0 Å². The van der Waals surface area contributed by atoms with E-state index in [9.17, 15) is 0 Å². The predicted octanol–water partition coefficient (Wildman–Crippen LogP) is 3.80. The second kappa shape index (κ2) is 8.16. The minimum Gasteiger partial charge on any atom is -0.329 e. The molecular weight excluding hydrogens is 220 g/mol. The molecule has 0 amide bonds. The average molecular weight is 254 g/mol. The summed E-state index contributed by atoms with van der Waals surface area (Å²) >= 11 is 0. The third-order valence-electron chi connectivity index (χ3n) is 5.05. The molecule has 1 fully saturated rings. The van der Waals surface area contributed by atoms with Crippen LogP contribution in [-0.4, -0.2) is 30.6 Å². The van der Waals surface area contributed by atoms with Crippen molar-refractivity contribution in [3.8, 4) is 0 Å². The molecule has 2 N–H and O–H groups in total. The maximum atomic E-state index is 6.11. The molecule has 0 radical (unpaired) electrons. The molecular formula is C16H34N2. The van der Waals surface area contributed by atoms with Gasteiger partial charge in [0.25, 0.3) is 0 Å². The average Bonchev–Trinajstić information content (AvgIpc) is 2.43. The Morgan fingerprint density at radius 1 is 1.17 bits per heavy atom. The smallest absolute Gasteiger partial charge is 0.0328 e. The summed E-state index contributed by atoms with van der Waals surface area (Å²) in [5.41, 5.74) is 6.43. The fourth-order valence-corrected chi connectivity index (χ4v) is 3.45. The molecule has 0 heterocycles. The zero-order valence-corrected chi connectivity index (χ0v) is 12.9. The monoisotopic (exact) mass is 254 g/mol. The molecule has 0 aromatic carbocycles. The molecule has 1 saturated carbocycles. The van der Waals surface area contributed by atoms with E-state index < -0.39 is 0 Å². The quantitative estimate of drug-likeness (QED) is 0.714. The van der Waals surface area contributed by atoms with Crippen molar-refractivity contribution in [1.29, 1.82) is 0 Å². The first kappa shape index (κ1) is 16.0. The van der Waals surface area contributed by atoms with Gasteiger partial charge in [-0.05, 0) is 32.2 Å². The van der Waals surface area contributed by atoms with Crippen molar-refractivity contribution in [2.24, 2.45) is 11.7 Å². The molecule has 2 heteroatoms. The fraction of sp³-hybridized carbons (Fsp3) is 1.00. The lowest BCUT2D eigenvalue weighted by Gasteiger charge is -2.45. The van der Waals surface area contributed by atoms with Crippen molar-refractivity contribution in [3.63, 3.8) is 0 Å². The standard InChI is InChI=1S/C16H34N2/c1-4-6-10-15(5-2)13-18(3)16(14-17)11-8-7-9-12-16/h15H,4-14,17H2,1-3H3. The topological polar surface area (TPSA) is 29.3 Å². The molecule has 0 spiro atoms. The SMILES string of the molecule is CCCCC(CC)CN(C)C1(CN)CCCCC1. The molecule has 0 bridgehead atoms. The molecule has 108 valence electrons. The fourth-order valence-electron chi connectivity index (χ4n) is 3.45. The summed E-state index contributed by atoms with van der Waals surface area (Å²) in [4.78, 5) is 2.61. The molecule has 0 aromatic heterocycles. The van der Waals surface area contributed by atoms with Gasteiger partial charge in [-0.1, -0.05) is 52.4 Å². The first-order chi connectivity index (χ1) is 8.68. The van der Waals surface area contributed by atoms with Crippen molar-refractivity contribution in [2.75, 3.05) is 20.1 Å². The van der Waals surface area contributed by atoms with Crippen molar-refractivity contribution in [1.82, 2.24) is 4.90 Å². The Hall–Kier alpha value is -0.0800. The molecule has 0 aliphatic heterocycles. The van der Waals surface area contributed by atoms with E-state index in [0.717, 1.165) is 12.5 Å². The first-order valence-corrected chi connectivity index (χ1v) is 8.09. The Balaban J connectivity index is 2.51. The van der Waals surface area contributed by atoms with Crippen molar-refractivity contribution < 1.29 is 0 Å². The van der Waals surface area contributed by atoms with Crippen LogP contribution in [-0.2, 0) is 0 Å². The van der Waals surface area contributed by atoms with Gasteiger partial charge >= 0.3 is 0 Å². The van der Waals surface area contributed by atoms with Gasteiger partial charge in [-0.3, -0.25) is 4.90 Å². The lowest BCUT2D eigenvalue weighted by Crippen LogP contribution is -2.54. The Kier molecular flexibility index (Phi) is 7.25. The van der Waals surface area contributed by atoms with Gasteiger partial charge in [0.2, 0.25) is 0 Å². The van der Waals surface area contributed by atoms with Crippen molar-refractivity contribution >= 4 is 0 Å². The summed E-state index contributed by atoms with van der Waals surface area (Å²) in [6.45, 7) is 6.71. The van der Waals surface area contributed by atoms with Crippen LogP contribution in [0.5, 0.6) is 0 Å². The van der Waals surface area contributed by atoms with Gasteiger partial charge in [-0.25, -0.2) is 0 Å². The van der Waals surface area contributed by atoms with Crippen LogP contribution in [0.15, 0.2) is 0 Å². The van der Waals surface area contributed by atoms with Crippen LogP contribution in [0.3, 0.4) is 0 Å². The zero-order chi connectivity index (χ0) is 13.4.